The van der Waals surface area contributed by atoms with Crippen LogP contribution in [0.1, 0.15) is 24.4 Å². The van der Waals surface area contributed by atoms with E-state index in [2.05, 4.69) is 28.1 Å². The molecule has 2 amide bonds. The van der Waals surface area contributed by atoms with Gasteiger partial charge in [0, 0.05) is 49.7 Å². The maximum absolute atomic E-state index is 12.8. The zero-order valence-corrected chi connectivity index (χ0v) is 19.8. The van der Waals surface area contributed by atoms with E-state index in [9.17, 15) is 14.9 Å². The van der Waals surface area contributed by atoms with Crippen LogP contribution in [0, 0.1) is 29.1 Å². The van der Waals surface area contributed by atoms with Gasteiger partial charge < -0.3 is 19.6 Å². The number of ether oxygens (including phenoxy) is 1. The molecule has 2 aliphatic rings. The number of nitriles is 1. The summed E-state index contributed by atoms with van der Waals surface area (Å²) >= 11 is 0. The Morgan fingerprint density at radius 3 is 2.61 bits per heavy atom. The highest BCUT2D eigenvalue weighted by atomic mass is 16.5. The summed E-state index contributed by atoms with van der Waals surface area (Å²) in [6.07, 6.45) is 8.73. The van der Waals surface area contributed by atoms with Gasteiger partial charge in [0.2, 0.25) is 5.91 Å². The number of aliphatic hydroxyl groups excluding tert-OH is 1. The molecule has 5 rings (SSSR count). The smallest absolute Gasteiger partial charge is 0.298 e. The summed E-state index contributed by atoms with van der Waals surface area (Å²) in [7, 11) is 1.57. The van der Waals surface area contributed by atoms with Gasteiger partial charge >= 0.3 is 0 Å². The lowest BCUT2D eigenvalue weighted by Gasteiger charge is -2.41. The number of carbonyl (C=O) groups is 2. The molecule has 0 spiro atoms. The number of aliphatic hydroxyl groups is 1. The first-order valence-corrected chi connectivity index (χ1v) is 11.7. The second-order valence-corrected chi connectivity index (χ2v) is 8.89. The Bertz CT molecular complexity index is 1410. The predicted molar refractivity (Wildman–Crippen MR) is 127 cm³/mol. The Kier molecular flexibility index (Phi) is 6.32. The SMILES string of the molecule is COc1cc(-c2cnn(C3CCN(C(=O)C4CN(C(=O)C#CCO)C4)CC3)c2)cn2ncc(C#N)c12. The van der Waals surface area contributed by atoms with Gasteiger partial charge in [-0.2, -0.15) is 15.5 Å². The summed E-state index contributed by atoms with van der Waals surface area (Å²) in [5.41, 5.74) is 2.86. The molecule has 2 aliphatic heterocycles. The van der Waals surface area contributed by atoms with Crippen LogP contribution >= 0.6 is 0 Å². The van der Waals surface area contributed by atoms with E-state index in [1.807, 2.05) is 28.0 Å². The topological polar surface area (TPSA) is 129 Å². The fourth-order valence-corrected chi connectivity index (χ4v) is 4.77. The van der Waals surface area contributed by atoms with Crippen LogP contribution in [0.2, 0.25) is 0 Å². The lowest BCUT2D eigenvalue weighted by Crippen LogP contribution is -2.57. The van der Waals surface area contributed by atoms with Gasteiger partial charge in [-0.3, -0.25) is 14.3 Å². The molecule has 11 nitrogen and oxygen atoms in total. The van der Waals surface area contributed by atoms with E-state index < -0.39 is 0 Å². The molecular formula is C25H25N7O4. The largest absolute Gasteiger partial charge is 0.494 e. The van der Waals surface area contributed by atoms with E-state index in [0.717, 1.165) is 24.0 Å². The molecule has 0 bridgehead atoms. The average Bonchev–Trinajstić information content (AvgIpc) is 3.53. The maximum atomic E-state index is 12.8. The lowest BCUT2D eigenvalue weighted by molar-refractivity contribution is -0.146. The fraction of sp³-hybridized carbons (Fsp3) is 0.400. The molecule has 0 aromatic carbocycles. The summed E-state index contributed by atoms with van der Waals surface area (Å²) in [5.74, 6) is 4.80. The molecule has 11 heteroatoms. The molecule has 0 unspecified atom stereocenters. The van der Waals surface area contributed by atoms with E-state index >= 15 is 0 Å². The van der Waals surface area contributed by atoms with E-state index in [1.165, 1.54) is 11.1 Å². The van der Waals surface area contributed by atoms with Crippen molar-refractivity contribution in [3.8, 4) is 34.8 Å². The third kappa shape index (κ3) is 4.25. The minimum Gasteiger partial charge on any atom is -0.494 e. The number of nitrogens with zero attached hydrogens (tertiary/aromatic N) is 7. The fourth-order valence-electron chi connectivity index (χ4n) is 4.77. The number of likely N-dealkylation sites (tertiary alicyclic amines) is 2. The summed E-state index contributed by atoms with van der Waals surface area (Å²) in [6, 6.07) is 4.19. The van der Waals surface area contributed by atoms with Crippen LogP contribution in [-0.4, -0.2) is 86.0 Å². The van der Waals surface area contributed by atoms with E-state index in [4.69, 9.17) is 9.84 Å². The molecule has 3 aromatic rings. The normalized spacial score (nSPS) is 16.2. The standard InChI is InChI=1S/C25H25N7O4/c1-36-22-9-17(15-32-24(22)18(10-26)11-28-32)19-12-27-31(16-19)21-4-6-29(7-5-21)25(35)20-13-30(14-20)23(34)3-2-8-33/h9,11-12,15-16,20-21,33H,4-8,13-14H2,1H3. The molecule has 1 N–H and O–H groups in total. The Hall–Kier alpha value is -4.35. The van der Waals surface area contributed by atoms with Crippen LogP contribution < -0.4 is 4.74 Å². The second-order valence-electron chi connectivity index (χ2n) is 8.89. The monoisotopic (exact) mass is 487 g/mol. The van der Waals surface area contributed by atoms with Gasteiger partial charge in [0.1, 0.15) is 29.5 Å². The molecule has 2 fully saturated rings. The number of fused-ring (bicyclic) bond motifs is 1. The molecule has 2 saturated heterocycles. The average molecular weight is 488 g/mol. The van der Waals surface area contributed by atoms with Crippen molar-refractivity contribution in [2.45, 2.75) is 18.9 Å². The predicted octanol–water partition coefficient (Wildman–Crippen LogP) is 0.696. The number of methoxy groups -OCH3 is 1. The minimum atomic E-state index is -0.356. The molecule has 0 radical (unpaired) electrons. The number of rotatable bonds is 4. The van der Waals surface area contributed by atoms with Gasteiger partial charge in [0.25, 0.3) is 5.91 Å². The van der Waals surface area contributed by atoms with Gasteiger partial charge in [0.05, 0.1) is 31.5 Å². The summed E-state index contributed by atoms with van der Waals surface area (Å²) in [6.45, 7) is 1.67. The number of piperidine rings is 1. The highest BCUT2D eigenvalue weighted by Gasteiger charge is 2.38. The van der Waals surface area contributed by atoms with Crippen LogP contribution in [0.25, 0.3) is 16.6 Å². The van der Waals surface area contributed by atoms with Gasteiger partial charge in [-0.25, -0.2) is 4.52 Å². The number of hydrogen-bond donors (Lipinski definition) is 1. The van der Waals surface area contributed by atoms with Crippen molar-refractivity contribution < 1.29 is 19.4 Å². The first kappa shape index (κ1) is 23.4. The summed E-state index contributed by atoms with van der Waals surface area (Å²) in [5, 5.41) is 26.9. The van der Waals surface area contributed by atoms with Crippen LogP contribution in [-0.2, 0) is 9.59 Å². The first-order chi connectivity index (χ1) is 17.5. The van der Waals surface area contributed by atoms with Crippen molar-refractivity contribution in [1.29, 1.82) is 5.26 Å². The second kappa shape index (κ2) is 9.72. The van der Waals surface area contributed by atoms with Crippen LogP contribution in [0.3, 0.4) is 0 Å². The minimum absolute atomic E-state index is 0.0742. The van der Waals surface area contributed by atoms with Crippen molar-refractivity contribution in [2.75, 3.05) is 39.9 Å². The van der Waals surface area contributed by atoms with Gasteiger partial charge in [-0.15, -0.1) is 0 Å². The Morgan fingerprint density at radius 2 is 1.92 bits per heavy atom. The highest BCUT2D eigenvalue weighted by Crippen LogP contribution is 2.31. The number of amides is 2. The Morgan fingerprint density at radius 1 is 1.14 bits per heavy atom. The Labute approximate surface area is 207 Å². The third-order valence-corrected chi connectivity index (χ3v) is 6.79. The van der Waals surface area contributed by atoms with Crippen molar-refractivity contribution in [3.63, 3.8) is 0 Å². The number of hydrogen-bond acceptors (Lipinski definition) is 7. The summed E-state index contributed by atoms with van der Waals surface area (Å²) in [4.78, 5) is 28.1. The van der Waals surface area contributed by atoms with Crippen LogP contribution in [0.4, 0.5) is 0 Å². The van der Waals surface area contributed by atoms with Crippen molar-refractivity contribution in [1.82, 2.24) is 29.2 Å². The number of aromatic nitrogens is 4. The van der Waals surface area contributed by atoms with E-state index in [-0.39, 0.29) is 30.4 Å². The zero-order valence-electron chi connectivity index (χ0n) is 19.8. The first-order valence-electron chi connectivity index (χ1n) is 11.7. The summed E-state index contributed by atoms with van der Waals surface area (Å²) < 4.78 is 9.09. The molecular weight excluding hydrogens is 462 g/mol. The van der Waals surface area contributed by atoms with Crippen LogP contribution in [0.5, 0.6) is 5.75 Å². The number of carbonyl (C=O) groups excluding carboxylic acids is 2. The molecule has 3 aromatic heterocycles. The molecule has 5 heterocycles. The highest BCUT2D eigenvalue weighted by molar-refractivity contribution is 5.95. The van der Waals surface area contributed by atoms with E-state index in [0.29, 0.717) is 43.0 Å². The molecule has 0 atom stereocenters. The lowest BCUT2D eigenvalue weighted by atomic mass is 9.96. The molecule has 36 heavy (non-hydrogen) atoms. The number of pyridine rings is 1. The van der Waals surface area contributed by atoms with Crippen molar-refractivity contribution in [3.05, 3.63) is 36.4 Å². The van der Waals surface area contributed by atoms with E-state index in [1.54, 1.807) is 17.8 Å². The molecule has 0 saturated carbocycles. The van der Waals surface area contributed by atoms with Crippen molar-refractivity contribution in [2.24, 2.45) is 5.92 Å². The molecule has 184 valence electrons. The van der Waals surface area contributed by atoms with Crippen LogP contribution in [0.15, 0.2) is 30.9 Å². The third-order valence-electron chi connectivity index (χ3n) is 6.79. The van der Waals surface area contributed by atoms with Gasteiger partial charge in [0.15, 0.2) is 0 Å². The van der Waals surface area contributed by atoms with Gasteiger partial charge in [-0.05, 0) is 24.8 Å². The van der Waals surface area contributed by atoms with Crippen molar-refractivity contribution >= 4 is 17.3 Å². The van der Waals surface area contributed by atoms with Gasteiger partial charge in [-0.1, -0.05) is 5.92 Å². The quantitative estimate of drug-likeness (QED) is 0.536. The maximum Gasteiger partial charge on any atom is 0.298 e. The zero-order chi connectivity index (χ0) is 25.2. The Balaban J connectivity index is 1.20. The molecule has 0 aliphatic carbocycles.